The average molecular weight is 332 g/mol. The van der Waals surface area contributed by atoms with Crippen LogP contribution in [-0.2, 0) is 15.9 Å². The number of methoxy groups -OCH3 is 1. The smallest absolute Gasteiger partial charge is 0.276 e. The molecule has 8 heteroatoms. The van der Waals surface area contributed by atoms with Gasteiger partial charge in [0.2, 0.25) is 0 Å². The molecule has 2 aliphatic heterocycles. The first-order valence-corrected chi connectivity index (χ1v) is 8.08. The highest BCUT2D eigenvalue weighted by Crippen LogP contribution is 2.24. The molecular formula is C16H20N4O4. The predicted molar refractivity (Wildman–Crippen MR) is 82.5 cm³/mol. The number of likely N-dealkylation sites (tertiary alicyclic amines) is 1. The van der Waals surface area contributed by atoms with Crippen molar-refractivity contribution in [2.24, 2.45) is 5.92 Å². The Morgan fingerprint density at radius 1 is 1.42 bits per heavy atom. The summed E-state index contributed by atoms with van der Waals surface area (Å²) in [5.74, 6) is 1.32. The van der Waals surface area contributed by atoms with Crippen molar-refractivity contribution in [2.75, 3.05) is 33.4 Å². The highest BCUT2D eigenvalue weighted by atomic mass is 16.5. The van der Waals surface area contributed by atoms with E-state index in [2.05, 4.69) is 10.3 Å². The van der Waals surface area contributed by atoms with Crippen LogP contribution in [0.5, 0.6) is 0 Å². The van der Waals surface area contributed by atoms with Gasteiger partial charge in [-0.15, -0.1) is 5.10 Å². The highest BCUT2D eigenvalue weighted by Gasteiger charge is 2.35. The van der Waals surface area contributed by atoms with Crippen LogP contribution in [0.1, 0.15) is 22.3 Å². The molecule has 0 radical (unpaired) electrons. The number of hydrogen-bond acceptors (Lipinski definition) is 6. The summed E-state index contributed by atoms with van der Waals surface area (Å²) in [6.45, 7) is 2.49. The fraction of sp³-hybridized carbons (Fsp3) is 0.562. The van der Waals surface area contributed by atoms with Crippen LogP contribution in [0.4, 0.5) is 0 Å². The lowest BCUT2D eigenvalue weighted by atomic mass is 9.95. The minimum absolute atomic E-state index is 0.0351. The van der Waals surface area contributed by atoms with E-state index >= 15 is 0 Å². The van der Waals surface area contributed by atoms with Crippen molar-refractivity contribution in [3.05, 3.63) is 36.0 Å². The number of nitrogens with zero attached hydrogens (tertiary/aromatic N) is 4. The second-order valence-electron chi connectivity index (χ2n) is 6.32. The van der Waals surface area contributed by atoms with Crippen LogP contribution in [0, 0.1) is 5.92 Å². The molecule has 4 heterocycles. The Bertz CT molecular complexity index is 693. The molecule has 0 unspecified atom stereocenters. The van der Waals surface area contributed by atoms with Crippen molar-refractivity contribution in [2.45, 2.75) is 18.6 Å². The molecule has 2 fully saturated rings. The number of hydrogen-bond donors (Lipinski definition) is 0. The normalized spacial score (nSPS) is 24.3. The first-order valence-electron chi connectivity index (χ1n) is 8.08. The van der Waals surface area contributed by atoms with Gasteiger partial charge in [0.15, 0.2) is 5.69 Å². The Morgan fingerprint density at radius 3 is 3.04 bits per heavy atom. The average Bonchev–Trinajstić information content (AvgIpc) is 3.30. The second-order valence-corrected chi connectivity index (χ2v) is 6.32. The molecule has 0 N–H and O–H groups in total. The minimum Gasteiger partial charge on any atom is -0.469 e. The first kappa shape index (κ1) is 15.3. The zero-order valence-electron chi connectivity index (χ0n) is 13.5. The number of aromatic nitrogens is 3. The third kappa shape index (κ3) is 2.83. The quantitative estimate of drug-likeness (QED) is 0.804. The SMILES string of the molecule is CO[C@@H]1COC[C@H]1n1cc(C(=O)N2CC(Cc3ccco3)C2)nn1. The number of carbonyl (C=O) groups excluding carboxylic acids is 1. The van der Waals surface area contributed by atoms with Crippen molar-refractivity contribution in [3.8, 4) is 0 Å². The maximum absolute atomic E-state index is 12.5. The maximum atomic E-state index is 12.5. The van der Waals surface area contributed by atoms with Gasteiger partial charge in [0.1, 0.15) is 17.9 Å². The van der Waals surface area contributed by atoms with Gasteiger partial charge in [-0.3, -0.25) is 4.79 Å². The number of rotatable bonds is 5. The lowest BCUT2D eigenvalue weighted by Gasteiger charge is -2.38. The van der Waals surface area contributed by atoms with E-state index in [4.69, 9.17) is 13.9 Å². The molecule has 0 aromatic carbocycles. The lowest BCUT2D eigenvalue weighted by Crippen LogP contribution is -2.50. The summed E-state index contributed by atoms with van der Waals surface area (Å²) in [6.07, 6.45) is 4.16. The number of ether oxygens (including phenoxy) is 2. The van der Waals surface area contributed by atoms with Crippen LogP contribution >= 0.6 is 0 Å². The maximum Gasteiger partial charge on any atom is 0.276 e. The van der Waals surface area contributed by atoms with E-state index < -0.39 is 0 Å². The fourth-order valence-electron chi connectivity index (χ4n) is 3.27. The molecule has 2 aromatic heterocycles. The zero-order valence-corrected chi connectivity index (χ0v) is 13.5. The van der Waals surface area contributed by atoms with E-state index in [1.165, 1.54) is 0 Å². The van der Waals surface area contributed by atoms with Crippen LogP contribution in [-0.4, -0.2) is 65.3 Å². The molecule has 1 amide bonds. The molecule has 0 aliphatic carbocycles. The minimum atomic E-state index is -0.0789. The summed E-state index contributed by atoms with van der Waals surface area (Å²) in [6, 6.07) is 3.81. The van der Waals surface area contributed by atoms with Crippen molar-refractivity contribution >= 4 is 5.91 Å². The molecule has 0 spiro atoms. The van der Waals surface area contributed by atoms with Gasteiger partial charge in [-0.25, -0.2) is 4.68 Å². The van der Waals surface area contributed by atoms with Gasteiger partial charge in [-0.05, 0) is 12.1 Å². The van der Waals surface area contributed by atoms with E-state index in [1.807, 2.05) is 12.1 Å². The fourth-order valence-corrected chi connectivity index (χ4v) is 3.27. The van der Waals surface area contributed by atoms with Gasteiger partial charge in [0, 0.05) is 32.5 Å². The first-order chi connectivity index (χ1) is 11.7. The standard InChI is InChI=1S/C16H20N4O4/c1-22-15-10-23-9-14(15)20-8-13(17-18-20)16(21)19-6-11(7-19)5-12-3-2-4-24-12/h2-4,8,11,14-15H,5-7,9-10H2,1H3/t14-,15-/m1/s1. The molecule has 2 saturated heterocycles. The molecule has 24 heavy (non-hydrogen) atoms. The highest BCUT2D eigenvalue weighted by molar-refractivity contribution is 5.92. The summed E-state index contributed by atoms with van der Waals surface area (Å²) in [5.41, 5.74) is 0.369. The molecule has 128 valence electrons. The number of carbonyl (C=O) groups is 1. The summed E-state index contributed by atoms with van der Waals surface area (Å²) in [4.78, 5) is 14.3. The summed E-state index contributed by atoms with van der Waals surface area (Å²) in [7, 11) is 1.65. The monoisotopic (exact) mass is 332 g/mol. The molecule has 0 bridgehead atoms. The Morgan fingerprint density at radius 2 is 2.29 bits per heavy atom. The molecular weight excluding hydrogens is 312 g/mol. The molecule has 2 aliphatic rings. The van der Waals surface area contributed by atoms with Gasteiger partial charge in [0.05, 0.1) is 25.7 Å². The molecule has 8 nitrogen and oxygen atoms in total. The van der Waals surface area contributed by atoms with Crippen molar-refractivity contribution in [3.63, 3.8) is 0 Å². The summed E-state index contributed by atoms with van der Waals surface area (Å²) >= 11 is 0. The van der Waals surface area contributed by atoms with Crippen LogP contribution < -0.4 is 0 Å². The Labute approximate surface area is 139 Å². The van der Waals surface area contributed by atoms with Crippen molar-refractivity contribution < 1.29 is 18.7 Å². The van der Waals surface area contributed by atoms with E-state index in [-0.39, 0.29) is 18.1 Å². The van der Waals surface area contributed by atoms with Crippen LogP contribution in [0.15, 0.2) is 29.0 Å². The van der Waals surface area contributed by atoms with Gasteiger partial charge >= 0.3 is 0 Å². The van der Waals surface area contributed by atoms with Crippen LogP contribution in [0.2, 0.25) is 0 Å². The van der Waals surface area contributed by atoms with E-state index in [0.29, 0.717) is 24.8 Å². The lowest BCUT2D eigenvalue weighted by molar-refractivity contribution is 0.0485. The van der Waals surface area contributed by atoms with Gasteiger partial charge in [-0.2, -0.15) is 0 Å². The zero-order chi connectivity index (χ0) is 16.5. The van der Waals surface area contributed by atoms with Gasteiger partial charge in [0.25, 0.3) is 5.91 Å². The Hall–Kier alpha value is -2.19. The van der Waals surface area contributed by atoms with Gasteiger partial charge in [-0.1, -0.05) is 5.21 Å². The van der Waals surface area contributed by atoms with Crippen LogP contribution in [0.3, 0.4) is 0 Å². The number of furan rings is 1. The van der Waals surface area contributed by atoms with E-state index in [9.17, 15) is 4.79 Å². The Balaban J connectivity index is 1.34. The van der Waals surface area contributed by atoms with Crippen molar-refractivity contribution in [1.29, 1.82) is 0 Å². The largest absolute Gasteiger partial charge is 0.469 e. The molecule has 2 atom stereocenters. The van der Waals surface area contributed by atoms with Crippen molar-refractivity contribution in [1.82, 2.24) is 19.9 Å². The third-order valence-electron chi connectivity index (χ3n) is 4.69. The Kier molecular flexibility index (Phi) is 4.07. The molecule has 0 saturated carbocycles. The van der Waals surface area contributed by atoms with E-state index in [0.717, 1.165) is 25.3 Å². The topological polar surface area (TPSA) is 82.6 Å². The second kappa shape index (κ2) is 6.37. The predicted octanol–water partition coefficient (Wildman–Crippen LogP) is 0.772. The summed E-state index contributed by atoms with van der Waals surface area (Å²) in [5, 5.41) is 8.11. The van der Waals surface area contributed by atoms with Gasteiger partial charge < -0.3 is 18.8 Å². The number of amides is 1. The molecule has 2 aromatic rings. The third-order valence-corrected chi connectivity index (χ3v) is 4.69. The summed E-state index contributed by atoms with van der Waals surface area (Å²) < 4.78 is 17.8. The van der Waals surface area contributed by atoms with E-state index in [1.54, 1.807) is 29.2 Å². The molecule has 4 rings (SSSR count). The van der Waals surface area contributed by atoms with Crippen LogP contribution in [0.25, 0.3) is 0 Å².